The van der Waals surface area contributed by atoms with Gasteiger partial charge in [0.2, 0.25) is 5.91 Å². The van der Waals surface area contributed by atoms with E-state index < -0.39 is 17.6 Å². The molecule has 0 aromatic heterocycles. The van der Waals surface area contributed by atoms with E-state index in [-0.39, 0.29) is 12.1 Å². The van der Waals surface area contributed by atoms with Gasteiger partial charge in [0.1, 0.15) is 5.82 Å². The maximum Gasteiger partial charge on any atom is 0.251 e. The fraction of sp³-hybridized carbons (Fsp3) is 0.0667. The molecule has 0 saturated heterocycles. The number of carbonyl (C=O) groups excluding carboxylic acids is 2. The van der Waals surface area contributed by atoms with Crippen LogP contribution in [0.5, 0.6) is 0 Å². The van der Waals surface area contributed by atoms with Gasteiger partial charge in [-0.05, 0) is 42.5 Å². The van der Waals surface area contributed by atoms with E-state index in [1.807, 2.05) is 0 Å². The Balaban J connectivity index is 1.89. The molecule has 0 heterocycles. The maximum absolute atomic E-state index is 12.8. The molecule has 2 N–H and O–H groups in total. The minimum absolute atomic E-state index is 0.236. The third-order valence-electron chi connectivity index (χ3n) is 2.66. The van der Waals surface area contributed by atoms with Gasteiger partial charge in [0.15, 0.2) is 0 Å². The molecule has 2 amide bonds. The van der Waals surface area contributed by atoms with Gasteiger partial charge in [-0.3, -0.25) is 9.59 Å². The SMILES string of the molecule is O=C(CNC(=O)c1ccc(F)cc1)Nc1cc(Cl)cc(Cl)c1. The molecule has 0 bridgehead atoms. The summed E-state index contributed by atoms with van der Waals surface area (Å²) in [7, 11) is 0. The van der Waals surface area contributed by atoms with Crippen molar-refractivity contribution in [3.8, 4) is 0 Å². The van der Waals surface area contributed by atoms with Crippen LogP contribution in [0.3, 0.4) is 0 Å². The number of rotatable bonds is 4. The second-order valence-corrected chi connectivity index (χ2v) is 5.27. The highest BCUT2D eigenvalue weighted by atomic mass is 35.5. The highest BCUT2D eigenvalue weighted by Crippen LogP contribution is 2.22. The highest BCUT2D eigenvalue weighted by molar-refractivity contribution is 6.35. The van der Waals surface area contributed by atoms with Crippen molar-refractivity contribution in [3.63, 3.8) is 0 Å². The summed E-state index contributed by atoms with van der Waals surface area (Å²) in [5.41, 5.74) is 0.693. The number of carbonyl (C=O) groups is 2. The summed E-state index contributed by atoms with van der Waals surface area (Å²) in [5, 5.41) is 5.76. The van der Waals surface area contributed by atoms with Crippen LogP contribution >= 0.6 is 23.2 Å². The molecule has 22 heavy (non-hydrogen) atoms. The summed E-state index contributed by atoms with van der Waals surface area (Å²) in [6, 6.07) is 9.61. The zero-order valence-electron chi connectivity index (χ0n) is 11.2. The van der Waals surface area contributed by atoms with Gasteiger partial charge in [0.25, 0.3) is 5.91 Å². The van der Waals surface area contributed by atoms with Gasteiger partial charge in [0.05, 0.1) is 6.54 Å². The fourth-order valence-electron chi connectivity index (χ4n) is 1.70. The predicted octanol–water partition coefficient (Wildman–Crippen LogP) is 3.50. The summed E-state index contributed by atoms with van der Waals surface area (Å²) in [6.07, 6.45) is 0. The van der Waals surface area contributed by atoms with Crippen molar-refractivity contribution >= 4 is 40.7 Å². The molecule has 4 nitrogen and oxygen atoms in total. The first kappa shape index (κ1) is 16.3. The van der Waals surface area contributed by atoms with Crippen molar-refractivity contribution in [1.82, 2.24) is 5.32 Å². The molecule has 2 rings (SSSR count). The standard InChI is InChI=1S/C15H11Cl2FN2O2/c16-10-5-11(17)7-13(6-10)20-14(21)8-19-15(22)9-1-3-12(18)4-2-9/h1-7H,8H2,(H,19,22)(H,20,21). The van der Waals surface area contributed by atoms with Crippen LogP contribution in [0, 0.1) is 5.82 Å². The molecule has 0 aliphatic rings. The van der Waals surface area contributed by atoms with E-state index in [0.29, 0.717) is 15.7 Å². The quantitative estimate of drug-likeness (QED) is 0.894. The number of nitrogens with one attached hydrogen (secondary N) is 2. The van der Waals surface area contributed by atoms with E-state index in [2.05, 4.69) is 10.6 Å². The Morgan fingerprint density at radius 3 is 2.18 bits per heavy atom. The van der Waals surface area contributed by atoms with Crippen LogP contribution in [-0.2, 0) is 4.79 Å². The first-order chi connectivity index (χ1) is 10.4. The Bertz CT molecular complexity index is 685. The molecular weight excluding hydrogens is 330 g/mol. The van der Waals surface area contributed by atoms with Crippen LogP contribution in [0.25, 0.3) is 0 Å². The molecule has 0 saturated carbocycles. The number of hydrogen-bond acceptors (Lipinski definition) is 2. The van der Waals surface area contributed by atoms with E-state index >= 15 is 0 Å². The molecule has 2 aromatic carbocycles. The number of hydrogen-bond donors (Lipinski definition) is 2. The first-order valence-electron chi connectivity index (χ1n) is 6.24. The third kappa shape index (κ3) is 4.72. The molecule has 0 radical (unpaired) electrons. The Morgan fingerprint density at radius 2 is 1.59 bits per heavy atom. The Hall–Kier alpha value is -2.11. The van der Waals surface area contributed by atoms with Crippen molar-refractivity contribution in [1.29, 1.82) is 0 Å². The number of amides is 2. The zero-order valence-corrected chi connectivity index (χ0v) is 12.7. The molecule has 2 aromatic rings. The lowest BCUT2D eigenvalue weighted by Crippen LogP contribution is -2.32. The van der Waals surface area contributed by atoms with E-state index in [4.69, 9.17) is 23.2 Å². The summed E-state index contributed by atoms with van der Waals surface area (Å²) >= 11 is 11.6. The van der Waals surface area contributed by atoms with Gasteiger partial charge in [0, 0.05) is 21.3 Å². The molecular formula is C15H11Cl2FN2O2. The Kier molecular flexibility index (Phi) is 5.35. The van der Waals surface area contributed by atoms with Crippen LogP contribution < -0.4 is 10.6 Å². The van der Waals surface area contributed by atoms with Crippen molar-refractivity contribution in [2.45, 2.75) is 0 Å². The lowest BCUT2D eigenvalue weighted by Gasteiger charge is -2.08. The van der Waals surface area contributed by atoms with Gasteiger partial charge < -0.3 is 10.6 Å². The molecule has 114 valence electrons. The van der Waals surface area contributed by atoms with E-state index in [0.717, 1.165) is 0 Å². The predicted molar refractivity (Wildman–Crippen MR) is 83.8 cm³/mol. The molecule has 7 heteroatoms. The van der Waals surface area contributed by atoms with Gasteiger partial charge >= 0.3 is 0 Å². The molecule has 0 atom stereocenters. The molecule has 0 spiro atoms. The largest absolute Gasteiger partial charge is 0.343 e. The van der Waals surface area contributed by atoms with Crippen molar-refractivity contribution in [2.75, 3.05) is 11.9 Å². The van der Waals surface area contributed by atoms with Gasteiger partial charge in [-0.2, -0.15) is 0 Å². The third-order valence-corrected chi connectivity index (χ3v) is 3.10. The van der Waals surface area contributed by atoms with Crippen LogP contribution in [0.4, 0.5) is 10.1 Å². The number of anilines is 1. The lowest BCUT2D eigenvalue weighted by molar-refractivity contribution is -0.115. The summed E-state index contributed by atoms with van der Waals surface area (Å²) in [5.74, 6) is -1.35. The second-order valence-electron chi connectivity index (χ2n) is 4.40. The smallest absolute Gasteiger partial charge is 0.251 e. The van der Waals surface area contributed by atoms with E-state index in [9.17, 15) is 14.0 Å². The van der Waals surface area contributed by atoms with Crippen molar-refractivity contribution in [2.24, 2.45) is 0 Å². The van der Waals surface area contributed by atoms with Gasteiger partial charge in [-0.1, -0.05) is 23.2 Å². The summed E-state index contributed by atoms with van der Waals surface area (Å²) in [4.78, 5) is 23.5. The van der Waals surface area contributed by atoms with Crippen LogP contribution in [-0.4, -0.2) is 18.4 Å². The summed E-state index contributed by atoms with van der Waals surface area (Å²) < 4.78 is 12.8. The average Bonchev–Trinajstić information content (AvgIpc) is 2.44. The Morgan fingerprint density at radius 1 is 1.00 bits per heavy atom. The molecule has 0 aliphatic heterocycles. The fourth-order valence-corrected chi connectivity index (χ4v) is 2.22. The number of halogens is 3. The van der Waals surface area contributed by atoms with Gasteiger partial charge in [-0.25, -0.2) is 4.39 Å². The lowest BCUT2D eigenvalue weighted by atomic mass is 10.2. The maximum atomic E-state index is 12.8. The highest BCUT2D eigenvalue weighted by Gasteiger charge is 2.09. The van der Waals surface area contributed by atoms with Crippen LogP contribution in [0.15, 0.2) is 42.5 Å². The van der Waals surface area contributed by atoms with E-state index in [1.165, 1.54) is 42.5 Å². The van der Waals surface area contributed by atoms with Gasteiger partial charge in [-0.15, -0.1) is 0 Å². The minimum atomic E-state index is -0.473. The van der Waals surface area contributed by atoms with Crippen LogP contribution in [0.2, 0.25) is 10.0 Å². The molecule has 0 fully saturated rings. The van der Waals surface area contributed by atoms with E-state index in [1.54, 1.807) is 0 Å². The topological polar surface area (TPSA) is 58.2 Å². The first-order valence-corrected chi connectivity index (χ1v) is 6.99. The Labute approximate surface area is 136 Å². The monoisotopic (exact) mass is 340 g/mol. The van der Waals surface area contributed by atoms with Crippen molar-refractivity contribution < 1.29 is 14.0 Å². The molecule has 0 aliphatic carbocycles. The second kappa shape index (κ2) is 7.24. The average molecular weight is 341 g/mol. The summed E-state index contributed by atoms with van der Waals surface area (Å²) in [6.45, 7) is -0.236. The minimum Gasteiger partial charge on any atom is -0.343 e. The number of benzene rings is 2. The molecule has 0 unspecified atom stereocenters. The van der Waals surface area contributed by atoms with Crippen LogP contribution in [0.1, 0.15) is 10.4 Å². The zero-order chi connectivity index (χ0) is 16.1. The van der Waals surface area contributed by atoms with Crippen molar-refractivity contribution in [3.05, 3.63) is 63.9 Å². The normalized spacial score (nSPS) is 10.1.